The Morgan fingerprint density at radius 2 is 1.94 bits per heavy atom. The molecule has 0 radical (unpaired) electrons. The van der Waals surface area contributed by atoms with E-state index in [2.05, 4.69) is 4.98 Å². The van der Waals surface area contributed by atoms with Gasteiger partial charge in [0.1, 0.15) is 22.6 Å². The van der Waals surface area contributed by atoms with Gasteiger partial charge in [0.05, 0.1) is 36.2 Å². The van der Waals surface area contributed by atoms with Crippen molar-refractivity contribution >= 4 is 17.7 Å². The van der Waals surface area contributed by atoms with E-state index in [0.29, 0.717) is 24.0 Å². The van der Waals surface area contributed by atoms with Crippen LogP contribution < -0.4 is 0 Å². The second-order valence-corrected chi connectivity index (χ2v) is 9.68. The van der Waals surface area contributed by atoms with E-state index in [1.54, 1.807) is 43.5 Å². The summed E-state index contributed by atoms with van der Waals surface area (Å²) in [5.41, 5.74) is -1.22. The largest absolute Gasteiger partial charge is 0.478 e. The molecule has 1 saturated heterocycles. The van der Waals surface area contributed by atoms with Crippen molar-refractivity contribution in [3.8, 4) is 11.3 Å². The van der Waals surface area contributed by atoms with E-state index in [9.17, 15) is 14.0 Å². The van der Waals surface area contributed by atoms with Crippen LogP contribution in [0.4, 0.5) is 18.0 Å². The summed E-state index contributed by atoms with van der Waals surface area (Å²) in [6.45, 7) is 7.79. The van der Waals surface area contributed by atoms with Gasteiger partial charge in [-0.05, 0) is 51.5 Å². The molecule has 1 N–H and O–H groups in total. The monoisotopic (exact) mass is 505 g/mol. The zero-order valence-electron chi connectivity index (χ0n) is 20.3. The third-order valence-electron chi connectivity index (χ3n) is 5.72. The highest BCUT2D eigenvalue weighted by Crippen LogP contribution is 2.33. The second kappa shape index (κ2) is 9.45. The number of aromatic nitrogens is 2. The second-order valence-electron chi connectivity index (χ2n) is 9.68. The van der Waals surface area contributed by atoms with Gasteiger partial charge in [0.2, 0.25) is 0 Å². The molecule has 4 rings (SSSR count). The summed E-state index contributed by atoms with van der Waals surface area (Å²) in [4.78, 5) is 29.6. The lowest BCUT2D eigenvalue weighted by molar-refractivity contribution is -0.0418. The first kappa shape index (κ1) is 25.5. The van der Waals surface area contributed by atoms with E-state index >= 15 is 8.78 Å². The number of aryl methyl sites for hydroxylation is 1. The van der Waals surface area contributed by atoms with Crippen molar-refractivity contribution in [1.82, 2.24) is 14.3 Å². The summed E-state index contributed by atoms with van der Waals surface area (Å²) in [5, 5.41) is 9.08. The predicted octanol–water partition coefficient (Wildman–Crippen LogP) is 4.60. The summed E-state index contributed by atoms with van der Waals surface area (Å²) >= 11 is 0. The van der Waals surface area contributed by atoms with E-state index in [-0.39, 0.29) is 25.3 Å². The van der Waals surface area contributed by atoms with Crippen molar-refractivity contribution in [3.63, 3.8) is 0 Å². The lowest BCUT2D eigenvalue weighted by atomic mass is 10.0. The van der Waals surface area contributed by atoms with Crippen molar-refractivity contribution in [3.05, 3.63) is 58.7 Å². The molecular formula is C25H26F3N3O5. The number of rotatable bonds is 4. The highest BCUT2D eigenvalue weighted by Gasteiger charge is 2.32. The maximum Gasteiger partial charge on any atom is 0.410 e. The summed E-state index contributed by atoms with van der Waals surface area (Å²) < 4.78 is 57.4. The molecule has 1 aromatic carbocycles. The number of carboxylic acids is 1. The molecule has 0 unspecified atom stereocenters. The van der Waals surface area contributed by atoms with Crippen LogP contribution in [0.5, 0.6) is 0 Å². The number of carbonyl (C=O) groups excluding carboxylic acids is 1. The first-order valence-corrected chi connectivity index (χ1v) is 11.3. The van der Waals surface area contributed by atoms with Crippen LogP contribution in [0, 0.1) is 24.4 Å². The number of fused-ring (bicyclic) bond motifs is 1. The number of imidazole rings is 1. The van der Waals surface area contributed by atoms with Gasteiger partial charge >= 0.3 is 12.1 Å². The molecule has 11 heteroatoms. The number of nitrogens with zero attached hydrogens (tertiary/aromatic N) is 3. The van der Waals surface area contributed by atoms with Gasteiger partial charge in [-0.15, -0.1) is 0 Å². The molecule has 0 spiro atoms. The Morgan fingerprint density at radius 3 is 2.61 bits per heavy atom. The molecule has 1 aliphatic rings. The lowest BCUT2D eigenvalue weighted by Gasteiger charge is -2.34. The zero-order chi connectivity index (χ0) is 26.4. The van der Waals surface area contributed by atoms with Crippen molar-refractivity contribution in [1.29, 1.82) is 0 Å². The number of carboxylic acid groups (broad SMARTS) is 1. The Bertz CT molecular complexity index is 1350. The Balaban J connectivity index is 1.76. The summed E-state index contributed by atoms with van der Waals surface area (Å²) in [5.74, 6) is -6.37. The average molecular weight is 505 g/mol. The minimum atomic E-state index is -1.79. The number of carbonyl (C=O) groups is 2. The minimum Gasteiger partial charge on any atom is -0.478 e. The average Bonchev–Trinajstić information content (AvgIpc) is 3.12. The Labute approximate surface area is 205 Å². The summed E-state index contributed by atoms with van der Waals surface area (Å²) in [7, 11) is 0. The molecule has 36 heavy (non-hydrogen) atoms. The standard InChI is InChI=1S/C25H26F3N3O5/c1-13-5-6-31-17(10-14-12-30(7-8-35-14)24(34)36-25(2,3)4)22(29-18(31)9-13)19-16(26)11-15(23(32)33)20(27)21(19)28/h5-6,9,11,14H,7-8,10,12H2,1-4H3,(H,32,33)/t14-/m0/s1. The highest BCUT2D eigenvalue weighted by atomic mass is 19.2. The number of hydrogen-bond acceptors (Lipinski definition) is 5. The smallest absolute Gasteiger partial charge is 0.410 e. The predicted molar refractivity (Wildman–Crippen MR) is 123 cm³/mol. The molecule has 192 valence electrons. The molecule has 0 aliphatic carbocycles. The molecule has 2 aromatic heterocycles. The van der Waals surface area contributed by atoms with E-state index in [4.69, 9.17) is 14.6 Å². The number of hydrogen-bond donors (Lipinski definition) is 1. The van der Waals surface area contributed by atoms with Crippen LogP contribution in [0.15, 0.2) is 24.4 Å². The normalized spacial score (nSPS) is 16.4. The molecule has 0 bridgehead atoms. The third kappa shape index (κ3) is 5.01. The number of halogens is 3. The van der Waals surface area contributed by atoms with Crippen LogP contribution in [-0.4, -0.2) is 62.9 Å². The van der Waals surface area contributed by atoms with E-state index in [1.807, 2.05) is 6.92 Å². The van der Waals surface area contributed by atoms with Crippen molar-refractivity contribution in [2.24, 2.45) is 0 Å². The highest BCUT2D eigenvalue weighted by molar-refractivity contribution is 5.89. The Morgan fingerprint density at radius 1 is 1.22 bits per heavy atom. The van der Waals surface area contributed by atoms with Gasteiger partial charge in [0.25, 0.3) is 0 Å². The number of pyridine rings is 1. The Kier molecular flexibility index (Phi) is 6.70. The molecule has 0 saturated carbocycles. The van der Waals surface area contributed by atoms with Crippen molar-refractivity contribution in [2.45, 2.75) is 45.8 Å². The van der Waals surface area contributed by atoms with Crippen molar-refractivity contribution in [2.75, 3.05) is 19.7 Å². The van der Waals surface area contributed by atoms with E-state index in [1.165, 1.54) is 4.90 Å². The maximum atomic E-state index is 15.0. The fourth-order valence-electron chi connectivity index (χ4n) is 4.11. The van der Waals surface area contributed by atoms with E-state index in [0.717, 1.165) is 5.56 Å². The zero-order valence-corrected chi connectivity index (χ0v) is 20.3. The van der Waals surface area contributed by atoms with Crippen molar-refractivity contribution < 1.29 is 37.3 Å². The van der Waals surface area contributed by atoms with Gasteiger partial charge in [0.15, 0.2) is 11.6 Å². The molecule has 1 amide bonds. The van der Waals surface area contributed by atoms with Crippen LogP contribution in [0.1, 0.15) is 42.4 Å². The quantitative estimate of drug-likeness (QED) is 0.521. The summed E-state index contributed by atoms with van der Waals surface area (Å²) in [6.07, 6.45) is 0.677. The van der Waals surface area contributed by atoms with Crippen LogP contribution in [0.3, 0.4) is 0 Å². The molecule has 1 fully saturated rings. The van der Waals surface area contributed by atoms with E-state index < -0.39 is 52.3 Å². The number of aromatic carboxylic acids is 1. The van der Waals surface area contributed by atoms with Crippen LogP contribution in [-0.2, 0) is 15.9 Å². The van der Waals surface area contributed by atoms with Gasteiger partial charge < -0.3 is 23.9 Å². The number of morpholine rings is 1. The summed E-state index contributed by atoms with van der Waals surface area (Å²) in [6, 6.07) is 3.91. The Hall–Kier alpha value is -3.60. The fourth-order valence-corrected chi connectivity index (χ4v) is 4.11. The van der Waals surface area contributed by atoms with Gasteiger partial charge in [-0.1, -0.05) is 0 Å². The maximum absolute atomic E-state index is 15.0. The van der Waals surface area contributed by atoms with Gasteiger partial charge in [-0.2, -0.15) is 0 Å². The molecule has 1 atom stereocenters. The number of ether oxygens (including phenoxy) is 2. The van der Waals surface area contributed by atoms with Gasteiger partial charge in [-0.3, -0.25) is 0 Å². The molecule has 8 nitrogen and oxygen atoms in total. The molecular weight excluding hydrogens is 479 g/mol. The molecule has 3 heterocycles. The fraction of sp³-hybridized carbons (Fsp3) is 0.400. The molecule has 3 aromatic rings. The lowest BCUT2D eigenvalue weighted by Crippen LogP contribution is -2.48. The number of benzene rings is 1. The van der Waals surface area contributed by atoms with Crippen LogP contribution in [0.2, 0.25) is 0 Å². The minimum absolute atomic E-state index is 0.0834. The topological polar surface area (TPSA) is 93.4 Å². The first-order chi connectivity index (χ1) is 16.9. The van der Waals surface area contributed by atoms with Crippen LogP contribution >= 0.6 is 0 Å². The number of amides is 1. The third-order valence-corrected chi connectivity index (χ3v) is 5.72. The first-order valence-electron chi connectivity index (χ1n) is 11.3. The SMILES string of the molecule is Cc1ccn2c(C[C@H]3CN(C(=O)OC(C)(C)C)CCO3)c(-c3c(F)cc(C(=O)O)c(F)c3F)nc2c1. The van der Waals surface area contributed by atoms with Gasteiger partial charge in [0, 0.05) is 19.2 Å². The van der Waals surface area contributed by atoms with Gasteiger partial charge in [-0.25, -0.2) is 27.7 Å². The molecule has 1 aliphatic heterocycles. The van der Waals surface area contributed by atoms with Crippen LogP contribution in [0.25, 0.3) is 16.9 Å².